The van der Waals surface area contributed by atoms with Crippen molar-refractivity contribution in [2.24, 2.45) is 7.05 Å². The molecule has 2 N–H and O–H groups in total. The van der Waals surface area contributed by atoms with Crippen molar-refractivity contribution in [1.82, 2.24) is 19.5 Å². The van der Waals surface area contributed by atoms with Gasteiger partial charge in [-0.15, -0.1) is 0 Å². The third-order valence-corrected chi connectivity index (χ3v) is 6.66. The van der Waals surface area contributed by atoms with Crippen LogP contribution in [0.3, 0.4) is 0 Å². The number of amides is 1. The first-order valence-electron chi connectivity index (χ1n) is 8.66. The second-order valence-electron chi connectivity index (χ2n) is 6.65. The number of hydrogen-bond donors (Lipinski definition) is 2. The topological polar surface area (TPSA) is 83.4 Å². The van der Waals surface area contributed by atoms with Crippen LogP contribution in [0.2, 0.25) is 0 Å². The highest BCUT2D eigenvalue weighted by molar-refractivity contribution is 7.89. The van der Waals surface area contributed by atoms with Crippen LogP contribution in [0.4, 0.5) is 0 Å². The molecule has 8 heteroatoms. The van der Waals surface area contributed by atoms with Crippen LogP contribution in [-0.4, -0.2) is 55.4 Å². The summed E-state index contributed by atoms with van der Waals surface area (Å²) < 4.78 is 28.6. The maximum Gasteiger partial charge on any atom is 0.268 e. The van der Waals surface area contributed by atoms with Crippen molar-refractivity contribution in [3.63, 3.8) is 0 Å². The summed E-state index contributed by atoms with van der Waals surface area (Å²) in [5.41, 5.74) is 0.385. The first-order chi connectivity index (χ1) is 11.5. The molecule has 0 aliphatic carbocycles. The van der Waals surface area contributed by atoms with Crippen LogP contribution in [0.25, 0.3) is 0 Å². The van der Waals surface area contributed by atoms with Gasteiger partial charge in [0.15, 0.2) is 0 Å². The van der Waals surface area contributed by atoms with Crippen LogP contribution in [-0.2, 0) is 17.1 Å². The molecule has 2 fully saturated rings. The number of sulfonamides is 1. The zero-order valence-electron chi connectivity index (χ0n) is 14.1. The number of rotatable bonds is 4. The maximum absolute atomic E-state index is 12.7. The molecule has 0 unspecified atom stereocenters. The van der Waals surface area contributed by atoms with Crippen molar-refractivity contribution in [3.8, 4) is 0 Å². The van der Waals surface area contributed by atoms with Gasteiger partial charge in [0.1, 0.15) is 10.6 Å². The summed E-state index contributed by atoms with van der Waals surface area (Å²) in [4.78, 5) is 12.7. The summed E-state index contributed by atoms with van der Waals surface area (Å²) in [6.07, 6.45) is 6.39. The van der Waals surface area contributed by atoms with Crippen LogP contribution in [0.5, 0.6) is 0 Å². The molecule has 134 valence electrons. The molecule has 2 aliphatic heterocycles. The van der Waals surface area contributed by atoms with E-state index in [1.807, 2.05) is 0 Å². The highest BCUT2D eigenvalue weighted by Crippen LogP contribution is 2.22. The SMILES string of the molecule is Cn1cc(S(=O)(=O)N2CCCCC2)cc1C(=O)N[C@H]1CCCNC1. The summed E-state index contributed by atoms with van der Waals surface area (Å²) in [7, 11) is -1.80. The molecule has 7 nitrogen and oxygen atoms in total. The Morgan fingerprint density at radius 3 is 2.67 bits per heavy atom. The molecule has 24 heavy (non-hydrogen) atoms. The van der Waals surface area contributed by atoms with Gasteiger partial charge in [0, 0.05) is 38.9 Å². The number of aromatic nitrogens is 1. The lowest BCUT2D eigenvalue weighted by atomic mass is 10.1. The lowest BCUT2D eigenvalue weighted by Crippen LogP contribution is -2.45. The van der Waals surface area contributed by atoms with Crippen LogP contribution >= 0.6 is 0 Å². The Morgan fingerprint density at radius 1 is 1.25 bits per heavy atom. The second-order valence-corrected chi connectivity index (χ2v) is 8.59. The molecular weight excluding hydrogens is 328 g/mol. The molecule has 3 rings (SSSR count). The smallest absolute Gasteiger partial charge is 0.268 e. The molecule has 0 aromatic carbocycles. The molecule has 0 radical (unpaired) electrons. The standard InChI is InChI=1S/C16H26N4O3S/c1-19-12-14(24(22,23)20-8-3-2-4-9-20)10-15(19)16(21)18-13-6-5-7-17-11-13/h10,12-13,17H,2-9,11H2,1H3,(H,18,21)/t13-/m0/s1. The first-order valence-corrected chi connectivity index (χ1v) is 10.1. The van der Waals surface area contributed by atoms with Gasteiger partial charge in [-0.1, -0.05) is 6.42 Å². The molecule has 2 aliphatic rings. The molecule has 1 aromatic rings. The lowest BCUT2D eigenvalue weighted by Gasteiger charge is -2.25. The zero-order valence-corrected chi connectivity index (χ0v) is 14.9. The highest BCUT2D eigenvalue weighted by atomic mass is 32.2. The van der Waals surface area contributed by atoms with Crippen molar-refractivity contribution < 1.29 is 13.2 Å². The number of piperidine rings is 2. The zero-order chi connectivity index (χ0) is 17.2. The molecule has 1 amide bonds. The van der Waals surface area contributed by atoms with E-state index in [1.54, 1.807) is 11.6 Å². The minimum absolute atomic E-state index is 0.100. The number of nitrogens with one attached hydrogen (secondary N) is 2. The molecule has 1 atom stereocenters. The van der Waals surface area contributed by atoms with E-state index >= 15 is 0 Å². The van der Waals surface area contributed by atoms with E-state index in [9.17, 15) is 13.2 Å². The average molecular weight is 354 g/mol. The van der Waals surface area contributed by atoms with Gasteiger partial charge < -0.3 is 15.2 Å². The monoisotopic (exact) mass is 354 g/mol. The quantitative estimate of drug-likeness (QED) is 0.833. The van der Waals surface area contributed by atoms with Gasteiger partial charge in [-0.3, -0.25) is 4.79 Å². The van der Waals surface area contributed by atoms with Crippen LogP contribution in [0.1, 0.15) is 42.6 Å². The van der Waals surface area contributed by atoms with Gasteiger partial charge in [0.05, 0.1) is 0 Å². The molecule has 1 aromatic heterocycles. The fraction of sp³-hybridized carbons (Fsp3) is 0.688. The molecule has 0 saturated carbocycles. The summed E-state index contributed by atoms with van der Waals surface area (Å²) in [6, 6.07) is 1.60. The van der Waals surface area contributed by atoms with E-state index in [2.05, 4.69) is 10.6 Å². The predicted octanol–water partition coefficient (Wildman–Crippen LogP) is 0.682. The van der Waals surface area contributed by atoms with Crippen LogP contribution in [0, 0.1) is 0 Å². The number of carbonyl (C=O) groups is 1. The van der Waals surface area contributed by atoms with Crippen molar-refractivity contribution in [3.05, 3.63) is 18.0 Å². The minimum Gasteiger partial charge on any atom is -0.347 e. The van der Waals surface area contributed by atoms with E-state index in [0.717, 1.165) is 45.2 Å². The highest BCUT2D eigenvalue weighted by Gasteiger charge is 2.29. The van der Waals surface area contributed by atoms with E-state index in [-0.39, 0.29) is 16.8 Å². The van der Waals surface area contributed by atoms with Gasteiger partial charge in [-0.25, -0.2) is 8.42 Å². The Bertz CT molecular complexity index is 686. The van der Waals surface area contributed by atoms with Crippen molar-refractivity contribution in [2.75, 3.05) is 26.2 Å². The average Bonchev–Trinajstić information content (AvgIpc) is 2.99. The summed E-state index contributed by atoms with van der Waals surface area (Å²) in [6.45, 7) is 2.86. The Balaban J connectivity index is 1.75. The van der Waals surface area contributed by atoms with Gasteiger partial charge in [0.2, 0.25) is 10.0 Å². The van der Waals surface area contributed by atoms with Gasteiger partial charge in [0.25, 0.3) is 5.91 Å². The predicted molar refractivity (Wildman–Crippen MR) is 91.4 cm³/mol. The van der Waals surface area contributed by atoms with Gasteiger partial charge in [-0.2, -0.15) is 4.31 Å². The molecular formula is C16H26N4O3S. The molecule has 0 bridgehead atoms. The number of carbonyl (C=O) groups excluding carboxylic acids is 1. The fourth-order valence-corrected chi connectivity index (χ4v) is 4.98. The Kier molecular flexibility index (Phi) is 5.27. The van der Waals surface area contributed by atoms with E-state index in [4.69, 9.17) is 0 Å². The van der Waals surface area contributed by atoms with Gasteiger partial charge >= 0.3 is 0 Å². The third-order valence-electron chi connectivity index (χ3n) is 4.80. The summed E-state index contributed by atoms with van der Waals surface area (Å²) >= 11 is 0. The van der Waals surface area contributed by atoms with Crippen molar-refractivity contribution >= 4 is 15.9 Å². The Labute approximate surface area is 143 Å². The number of hydrogen-bond acceptors (Lipinski definition) is 4. The second kappa shape index (κ2) is 7.25. The Hall–Kier alpha value is -1.38. The number of aryl methyl sites for hydroxylation is 1. The van der Waals surface area contributed by atoms with Crippen molar-refractivity contribution in [2.45, 2.75) is 43.0 Å². The fourth-order valence-electron chi connectivity index (χ4n) is 3.39. The van der Waals surface area contributed by atoms with E-state index < -0.39 is 10.0 Å². The van der Waals surface area contributed by atoms with Crippen LogP contribution in [0.15, 0.2) is 17.2 Å². The first kappa shape index (κ1) is 17.4. The van der Waals surface area contributed by atoms with E-state index in [0.29, 0.717) is 18.8 Å². The van der Waals surface area contributed by atoms with Crippen LogP contribution < -0.4 is 10.6 Å². The summed E-state index contributed by atoms with van der Waals surface area (Å²) in [5, 5.41) is 6.24. The normalized spacial score (nSPS) is 23.1. The minimum atomic E-state index is -3.51. The molecule has 0 spiro atoms. The Morgan fingerprint density at radius 2 is 2.00 bits per heavy atom. The maximum atomic E-state index is 12.7. The third kappa shape index (κ3) is 3.65. The van der Waals surface area contributed by atoms with E-state index in [1.165, 1.54) is 16.6 Å². The van der Waals surface area contributed by atoms with Crippen molar-refractivity contribution in [1.29, 1.82) is 0 Å². The van der Waals surface area contributed by atoms with Gasteiger partial charge in [-0.05, 0) is 38.3 Å². The lowest BCUT2D eigenvalue weighted by molar-refractivity contribution is 0.0922. The largest absolute Gasteiger partial charge is 0.347 e. The molecule has 2 saturated heterocycles. The number of nitrogens with zero attached hydrogens (tertiary/aromatic N) is 2. The summed E-state index contributed by atoms with van der Waals surface area (Å²) in [5.74, 6) is -0.216. The molecule has 3 heterocycles.